The number of carbonyl (C=O) groups excluding carboxylic acids is 1. The van der Waals surface area contributed by atoms with Crippen molar-refractivity contribution in [3.8, 4) is 11.1 Å². The van der Waals surface area contributed by atoms with Gasteiger partial charge in [0.1, 0.15) is 0 Å². The van der Waals surface area contributed by atoms with E-state index in [2.05, 4.69) is 0 Å². The summed E-state index contributed by atoms with van der Waals surface area (Å²) in [5.74, 6) is 0.0333. The summed E-state index contributed by atoms with van der Waals surface area (Å²) in [4.78, 5) is 25.6. The van der Waals surface area contributed by atoms with Gasteiger partial charge in [-0.15, -0.1) is 0 Å². The van der Waals surface area contributed by atoms with Gasteiger partial charge in [-0.2, -0.15) is 0 Å². The van der Waals surface area contributed by atoms with Crippen LogP contribution in [0.3, 0.4) is 0 Å². The van der Waals surface area contributed by atoms with Crippen LogP contribution in [-0.2, 0) is 0 Å². The predicted octanol–water partition coefficient (Wildman–Crippen LogP) is 4.56. The second-order valence-corrected chi connectivity index (χ2v) is 6.11. The lowest BCUT2D eigenvalue weighted by molar-refractivity contribution is 0.104. The number of hydrogen-bond donors (Lipinski definition) is 0. The molecule has 4 aromatic carbocycles. The van der Waals surface area contributed by atoms with E-state index in [4.69, 9.17) is 0 Å². The maximum atomic E-state index is 13.0. The van der Waals surface area contributed by atoms with E-state index in [9.17, 15) is 9.59 Å². The molecular formula is C22H12O2. The first-order valence-corrected chi connectivity index (χ1v) is 7.88. The van der Waals surface area contributed by atoms with Crippen molar-refractivity contribution >= 4 is 27.3 Å². The second kappa shape index (κ2) is 4.62. The average Bonchev–Trinajstić information content (AvgIpc) is 2.82. The summed E-state index contributed by atoms with van der Waals surface area (Å²) < 4.78 is 0. The molecule has 1 aliphatic carbocycles. The number of carbonyl (C=O) groups is 1. The van der Waals surface area contributed by atoms with Crippen molar-refractivity contribution in [3.63, 3.8) is 0 Å². The molecule has 0 radical (unpaired) electrons. The Balaban J connectivity index is 1.98. The highest BCUT2D eigenvalue weighted by molar-refractivity contribution is 6.23. The van der Waals surface area contributed by atoms with Crippen LogP contribution in [0.2, 0.25) is 0 Å². The molecule has 2 heteroatoms. The Morgan fingerprint density at radius 1 is 0.500 bits per heavy atom. The van der Waals surface area contributed by atoms with Crippen LogP contribution in [0, 0.1) is 0 Å². The molecule has 0 N–H and O–H groups in total. The zero-order chi connectivity index (χ0) is 16.3. The number of fused-ring (bicyclic) bond motifs is 5. The first-order chi connectivity index (χ1) is 11.7. The Morgan fingerprint density at radius 3 is 2.08 bits per heavy atom. The van der Waals surface area contributed by atoms with Crippen molar-refractivity contribution in [2.45, 2.75) is 0 Å². The van der Waals surface area contributed by atoms with Crippen LogP contribution in [0.15, 0.2) is 77.6 Å². The van der Waals surface area contributed by atoms with E-state index in [0.29, 0.717) is 21.9 Å². The van der Waals surface area contributed by atoms with Crippen LogP contribution >= 0.6 is 0 Å². The highest BCUT2D eigenvalue weighted by Gasteiger charge is 2.26. The molecule has 112 valence electrons. The lowest BCUT2D eigenvalue weighted by atomic mass is 10.0. The quantitative estimate of drug-likeness (QED) is 0.420. The van der Waals surface area contributed by atoms with Gasteiger partial charge in [0, 0.05) is 21.9 Å². The molecule has 0 fully saturated rings. The van der Waals surface area contributed by atoms with Crippen LogP contribution in [-0.4, -0.2) is 5.78 Å². The van der Waals surface area contributed by atoms with Gasteiger partial charge in [0.15, 0.2) is 11.2 Å². The molecular weight excluding hydrogens is 296 g/mol. The first-order valence-electron chi connectivity index (χ1n) is 7.88. The second-order valence-electron chi connectivity index (χ2n) is 6.11. The highest BCUT2D eigenvalue weighted by Crippen LogP contribution is 2.38. The summed E-state index contributed by atoms with van der Waals surface area (Å²) in [5, 5.41) is 3.06. The van der Waals surface area contributed by atoms with Gasteiger partial charge in [-0.05, 0) is 34.0 Å². The minimum absolute atomic E-state index is 0.00484. The molecule has 0 spiro atoms. The largest absolute Gasteiger partial charge is 0.289 e. The summed E-state index contributed by atoms with van der Waals surface area (Å²) in [6, 6.07) is 22.8. The van der Waals surface area contributed by atoms with E-state index in [-0.39, 0.29) is 11.2 Å². The maximum absolute atomic E-state index is 13.0. The first kappa shape index (κ1) is 13.2. The Bertz CT molecular complexity index is 1240. The molecule has 0 bridgehead atoms. The van der Waals surface area contributed by atoms with Crippen molar-refractivity contribution in [1.29, 1.82) is 0 Å². The fourth-order valence-corrected chi connectivity index (χ4v) is 3.60. The monoisotopic (exact) mass is 308 g/mol. The summed E-state index contributed by atoms with van der Waals surface area (Å²) in [6.07, 6.45) is 0. The number of rotatable bonds is 0. The molecule has 0 unspecified atom stereocenters. The van der Waals surface area contributed by atoms with E-state index < -0.39 is 0 Å². The van der Waals surface area contributed by atoms with E-state index in [0.717, 1.165) is 21.9 Å². The van der Waals surface area contributed by atoms with Crippen LogP contribution < -0.4 is 5.43 Å². The zero-order valence-corrected chi connectivity index (χ0v) is 12.7. The van der Waals surface area contributed by atoms with Crippen LogP contribution in [0.4, 0.5) is 0 Å². The van der Waals surface area contributed by atoms with Crippen molar-refractivity contribution < 1.29 is 4.79 Å². The number of benzene rings is 3. The topological polar surface area (TPSA) is 34.1 Å². The summed E-state index contributed by atoms with van der Waals surface area (Å²) >= 11 is 0. The third-order valence-electron chi connectivity index (χ3n) is 4.79. The molecule has 0 atom stereocenters. The van der Waals surface area contributed by atoms with Crippen molar-refractivity contribution in [2.75, 3.05) is 0 Å². The molecule has 24 heavy (non-hydrogen) atoms. The maximum Gasteiger partial charge on any atom is 0.194 e. The average molecular weight is 308 g/mol. The van der Waals surface area contributed by atoms with Gasteiger partial charge in [-0.3, -0.25) is 9.59 Å². The molecule has 0 aliphatic heterocycles. The van der Waals surface area contributed by atoms with Gasteiger partial charge < -0.3 is 0 Å². The number of ketones is 1. The van der Waals surface area contributed by atoms with Crippen molar-refractivity contribution in [2.24, 2.45) is 0 Å². The molecule has 0 heterocycles. The summed E-state index contributed by atoms with van der Waals surface area (Å²) in [5.41, 5.74) is 3.16. The molecule has 1 aliphatic rings. The molecule has 0 saturated carbocycles. The molecule has 0 saturated heterocycles. The van der Waals surface area contributed by atoms with Gasteiger partial charge in [0.25, 0.3) is 0 Å². The Labute approximate surface area is 138 Å². The van der Waals surface area contributed by atoms with Crippen molar-refractivity contribution in [3.05, 3.63) is 94.1 Å². The zero-order valence-electron chi connectivity index (χ0n) is 12.7. The Kier molecular flexibility index (Phi) is 2.54. The van der Waals surface area contributed by atoms with Gasteiger partial charge in [-0.25, -0.2) is 0 Å². The number of hydrogen-bond acceptors (Lipinski definition) is 2. The lowest BCUT2D eigenvalue weighted by Crippen LogP contribution is -2.00. The van der Waals surface area contributed by atoms with Gasteiger partial charge >= 0.3 is 0 Å². The van der Waals surface area contributed by atoms with Gasteiger partial charge in [0.2, 0.25) is 0 Å². The summed E-state index contributed by atoms with van der Waals surface area (Å²) in [7, 11) is 0. The Morgan fingerprint density at radius 2 is 1.21 bits per heavy atom. The highest BCUT2D eigenvalue weighted by atomic mass is 16.1. The minimum Gasteiger partial charge on any atom is -0.289 e. The van der Waals surface area contributed by atoms with E-state index in [1.54, 1.807) is 0 Å². The van der Waals surface area contributed by atoms with E-state index >= 15 is 0 Å². The molecule has 5 rings (SSSR count). The third-order valence-corrected chi connectivity index (χ3v) is 4.79. The molecule has 2 nitrogen and oxygen atoms in total. The third kappa shape index (κ3) is 1.65. The minimum atomic E-state index is 0.00484. The van der Waals surface area contributed by atoms with E-state index in [1.165, 1.54) is 0 Å². The SMILES string of the molecule is O=C1c2ccccc2-c2cc3c(=O)c4ccccc4ccc3cc21. The van der Waals surface area contributed by atoms with Gasteiger partial charge in [-0.1, -0.05) is 60.7 Å². The molecule has 0 aromatic heterocycles. The standard InChI is InChI=1S/C22H12O2/c23-21-15-6-2-1-5-13(15)9-10-14-11-20-19(12-18(14)21)16-7-3-4-8-17(16)22(20)24/h1-12H. The fraction of sp³-hybridized carbons (Fsp3) is 0. The van der Waals surface area contributed by atoms with Crippen LogP contribution in [0.1, 0.15) is 15.9 Å². The fourth-order valence-electron chi connectivity index (χ4n) is 3.60. The molecule has 4 aromatic rings. The van der Waals surface area contributed by atoms with Crippen LogP contribution in [0.25, 0.3) is 32.7 Å². The normalized spacial score (nSPS) is 12.4. The smallest absolute Gasteiger partial charge is 0.194 e. The van der Waals surface area contributed by atoms with Crippen molar-refractivity contribution in [1.82, 2.24) is 0 Å². The predicted molar refractivity (Wildman–Crippen MR) is 96.6 cm³/mol. The Hall–Kier alpha value is -3.26. The molecule has 0 amide bonds. The van der Waals surface area contributed by atoms with Crippen LogP contribution in [0.5, 0.6) is 0 Å². The summed E-state index contributed by atoms with van der Waals surface area (Å²) in [6.45, 7) is 0. The van der Waals surface area contributed by atoms with Gasteiger partial charge in [0.05, 0.1) is 0 Å². The lowest BCUT2D eigenvalue weighted by Gasteiger charge is -2.01. The van der Waals surface area contributed by atoms with E-state index in [1.807, 2.05) is 72.8 Å².